The fraction of sp³-hybridized carbons (Fsp3) is 0.875. The van der Waals surface area contributed by atoms with Crippen molar-refractivity contribution in [3.63, 3.8) is 0 Å². The average Bonchev–Trinajstić information content (AvgIpc) is 3.06. The first kappa shape index (κ1) is 23.4. The van der Waals surface area contributed by atoms with Crippen molar-refractivity contribution in [2.45, 2.75) is 51.6 Å². The molecule has 3 unspecified atom stereocenters. The Morgan fingerprint density at radius 2 is 2.12 bits per heavy atom. The summed E-state index contributed by atoms with van der Waals surface area (Å²) in [5.74, 6) is -0.0809. The minimum Gasteiger partial charge on any atom is -0.356 e. The Bertz CT molecular complexity index is 410. The second kappa shape index (κ2) is 11.1. The molecule has 24 heavy (non-hydrogen) atoms. The molecule has 2 fully saturated rings. The van der Waals surface area contributed by atoms with Crippen LogP contribution in [0.1, 0.15) is 39.5 Å². The first-order valence-corrected chi connectivity index (χ1v) is 8.56. The molecule has 0 aliphatic carbocycles. The van der Waals surface area contributed by atoms with Gasteiger partial charge < -0.3 is 16.0 Å². The molecule has 0 spiro atoms. The molecule has 3 N–H and O–H groups in total. The molecule has 2 heterocycles. The zero-order chi connectivity index (χ0) is 16.1. The monoisotopic (exact) mass is 382 g/mol. The summed E-state index contributed by atoms with van der Waals surface area (Å²) in [5.41, 5.74) is 5.68. The molecule has 3 atom stereocenters. The number of nitrogens with zero attached hydrogens (tertiary/aromatic N) is 2. The summed E-state index contributed by atoms with van der Waals surface area (Å²) in [6.45, 7) is 8.19. The van der Waals surface area contributed by atoms with Crippen LogP contribution in [0.15, 0.2) is 0 Å². The number of nitrogens with one attached hydrogen (secondary N) is 1. The lowest BCUT2D eigenvalue weighted by atomic mass is 10.1. The Balaban J connectivity index is 0.00000264. The third-order valence-electron chi connectivity index (χ3n) is 4.82. The Hall–Kier alpha value is -0.560. The third kappa shape index (κ3) is 6.39. The van der Waals surface area contributed by atoms with Gasteiger partial charge >= 0.3 is 0 Å². The van der Waals surface area contributed by atoms with Crippen molar-refractivity contribution in [1.82, 2.24) is 15.1 Å². The molecule has 0 radical (unpaired) electrons. The van der Waals surface area contributed by atoms with Gasteiger partial charge in [0.25, 0.3) is 0 Å². The lowest BCUT2D eigenvalue weighted by molar-refractivity contribution is -0.129. The molecule has 142 valence electrons. The van der Waals surface area contributed by atoms with Crippen molar-refractivity contribution in [2.75, 3.05) is 32.7 Å². The average molecular weight is 383 g/mol. The molecule has 0 aromatic carbocycles. The van der Waals surface area contributed by atoms with Crippen LogP contribution in [0, 0.1) is 5.92 Å². The highest BCUT2D eigenvalue weighted by atomic mass is 35.5. The van der Waals surface area contributed by atoms with Crippen LogP contribution in [-0.2, 0) is 9.59 Å². The molecule has 0 aromatic heterocycles. The second-order valence-electron chi connectivity index (χ2n) is 6.68. The van der Waals surface area contributed by atoms with Crippen molar-refractivity contribution in [3.8, 4) is 0 Å². The van der Waals surface area contributed by atoms with Gasteiger partial charge in [0, 0.05) is 38.1 Å². The van der Waals surface area contributed by atoms with Gasteiger partial charge in [-0.15, -0.1) is 24.8 Å². The lowest BCUT2D eigenvalue weighted by Gasteiger charge is -2.27. The van der Waals surface area contributed by atoms with E-state index < -0.39 is 0 Å². The Kier molecular flexibility index (Phi) is 10.9. The molecule has 0 aromatic rings. The highest BCUT2D eigenvalue weighted by Gasteiger charge is 2.36. The van der Waals surface area contributed by atoms with Gasteiger partial charge in [-0.1, -0.05) is 6.92 Å². The van der Waals surface area contributed by atoms with Crippen molar-refractivity contribution in [3.05, 3.63) is 0 Å². The number of carbonyl (C=O) groups excluding carboxylic acids is 2. The summed E-state index contributed by atoms with van der Waals surface area (Å²) >= 11 is 0. The largest absolute Gasteiger partial charge is 0.356 e. The molecule has 2 rings (SSSR count). The summed E-state index contributed by atoms with van der Waals surface area (Å²) in [4.78, 5) is 28.6. The minimum absolute atomic E-state index is 0. The highest BCUT2D eigenvalue weighted by molar-refractivity contribution is 5.89. The second-order valence-corrected chi connectivity index (χ2v) is 6.68. The molecular formula is C16H32Cl2N4O2. The molecular weight excluding hydrogens is 351 g/mol. The van der Waals surface area contributed by atoms with E-state index in [9.17, 15) is 9.59 Å². The maximum atomic E-state index is 12.2. The quantitative estimate of drug-likeness (QED) is 0.688. The van der Waals surface area contributed by atoms with Crippen LogP contribution in [0.25, 0.3) is 0 Å². The van der Waals surface area contributed by atoms with Gasteiger partial charge in [-0.25, -0.2) is 0 Å². The topological polar surface area (TPSA) is 78.7 Å². The van der Waals surface area contributed by atoms with E-state index >= 15 is 0 Å². The third-order valence-corrected chi connectivity index (χ3v) is 4.82. The predicted molar refractivity (Wildman–Crippen MR) is 101 cm³/mol. The number of rotatable bonds is 7. The summed E-state index contributed by atoms with van der Waals surface area (Å²) in [7, 11) is 0. The fourth-order valence-electron chi connectivity index (χ4n) is 3.46. The maximum absolute atomic E-state index is 12.2. The van der Waals surface area contributed by atoms with Crippen molar-refractivity contribution in [1.29, 1.82) is 0 Å². The smallest absolute Gasteiger partial charge is 0.225 e. The standard InChI is InChI=1S/C16H30N4O2.2ClH/c1-3-19-8-4-5-14(19)11-20-10-13(9-15(20)21)16(22)18-7-6-12(2)17;;/h12-14H,3-11,17H2,1-2H3,(H,18,22);2*1H. The van der Waals surface area contributed by atoms with Crippen molar-refractivity contribution < 1.29 is 9.59 Å². The molecule has 2 amide bonds. The zero-order valence-corrected chi connectivity index (χ0v) is 16.3. The minimum atomic E-state index is -0.197. The normalized spacial score (nSPS) is 25.1. The SMILES string of the molecule is CCN1CCCC1CN1CC(C(=O)NCCC(C)N)CC1=O.Cl.Cl. The van der Waals surface area contributed by atoms with Crippen LogP contribution in [0.2, 0.25) is 0 Å². The van der Waals surface area contributed by atoms with Gasteiger partial charge in [-0.05, 0) is 39.3 Å². The summed E-state index contributed by atoms with van der Waals surface area (Å²) in [6.07, 6.45) is 3.48. The number of hydrogen-bond acceptors (Lipinski definition) is 4. The van der Waals surface area contributed by atoms with Crippen LogP contribution in [-0.4, -0.2) is 66.4 Å². The number of nitrogens with two attached hydrogens (primary N) is 1. The van der Waals surface area contributed by atoms with Gasteiger partial charge in [-0.3, -0.25) is 14.5 Å². The van der Waals surface area contributed by atoms with E-state index in [-0.39, 0.29) is 48.6 Å². The van der Waals surface area contributed by atoms with Crippen LogP contribution in [0.3, 0.4) is 0 Å². The van der Waals surface area contributed by atoms with Crippen LogP contribution in [0.4, 0.5) is 0 Å². The number of halogens is 2. The molecule has 2 aliphatic heterocycles. The van der Waals surface area contributed by atoms with E-state index in [4.69, 9.17) is 5.73 Å². The molecule has 6 nitrogen and oxygen atoms in total. The van der Waals surface area contributed by atoms with Gasteiger partial charge in [-0.2, -0.15) is 0 Å². The van der Waals surface area contributed by atoms with Crippen LogP contribution in [0.5, 0.6) is 0 Å². The lowest BCUT2D eigenvalue weighted by Crippen LogP contribution is -2.41. The molecule has 2 saturated heterocycles. The van der Waals surface area contributed by atoms with Gasteiger partial charge in [0.2, 0.25) is 11.8 Å². The van der Waals surface area contributed by atoms with Crippen LogP contribution < -0.4 is 11.1 Å². The first-order chi connectivity index (χ1) is 10.5. The van der Waals surface area contributed by atoms with Crippen LogP contribution >= 0.6 is 24.8 Å². The van der Waals surface area contributed by atoms with Gasteiger partial charge in [0.1, 0.15) is 0 Å². The van der Waals surface area contributed by atoms with E-state index in [1.54, 1.807) is 0 Å². The fourth-order valence-corrected chi connectivity index (χ4v) is 3.46. The van der Waals surface area contributed by atoms with Gasteiger partial charge in [0.05, 0.1) is 5.92 Å². The predicted octanol–water partition coefficient (Wildman–Crippen LogP) is 1.02. The van der Waals surface area contributed by atoms with Crippen molar-refractivity contribution in [2.24, 2.45) is 11.7 Å². The number of hydrogen-bond donors (Lipinski definition) is 2. The Morgan fingerprint density at radius 1 is 1.42 bits per heavy atom. The molecule has 2 aliphatic rings. The summed E-state index contributed by atoms with van der Waals surface area (Å²) < 4.78 is 0. The number of likely N-dealkylation sites (tertiary alicyclic amines) is 2. The zero-order valence-electron chi connectivity index (χ0n) is 14.7. The Morgan fingerprint density at radius 3 is 2.75 bits per heavy atom. The molecule has 0 saturated carbocycles. The van der Waals surface area contributed by atoms with Crippen molar-refractivity contribution >= 4 is 36.6 Å². The van der Waals surface area contributed by atoms with E-state index in [2.05, 4.69) is 17.1 Å². The summed E-state index contributed by atoms with van der Waals surface area (Å²) in [6, 6.07) is 0.554. The number of amides is 2. The van der Waals surface area contributed by atoms with E-state index in [1.165, 1.54) is 6.42 Å². The first-order valence-electron chi connectivity index (χ1n) is 8.56. The van der Waals surface area contributed by atoms with E-state index in [1.807, 2.05) is 11.8 Å². The van der Waals surface area contributed by atoms with E-state index in [0.29, 0.717) is 25.6 Å². The van der Waals surface area contributed by atoms with E-state index in [0.717, 1.165) is 32.5 Å². The molecule has 8 heteroatoms. The number of carbonyl (C=O) groups is 2. The molecule has 0 bridgehead atoms. The summed E-state index contributed by atoms with van der Waals surface area (Å²) in [5, 5.41) is 2.90. The van der Waals surface area contributed by atoms with Gasteiger partial charge in [0.15, 0.2) is 0 Å². The number of likely N-dealkylation sites (N-methyl/N-ethyl adjacent to an activating group) is 1. The Labute approximate surface area is 157 Å². The highest BCUT2D eigenvalue weighted by Crippen LogP contribution is 2.23. The maximum Gasteiger partial charge on any atom is 0.225 e.